The van der Waals surface area contributed by atoms with Gasteiger partial charge in [-0.05, 0) is 51.0 Å². The summed E-state index contributed by atoms with van der Waals surface area (Å²) in [6.07, 6.45) is 5.22. The minimum atomic E-state index is -3.41. The van der Waals surface area contributed by atoms with Crippen molar-refractivity contribution in [3.63, 3.8) is 0 Å². The molecule has 1 aliphatic rings. The lowest BCUT2D eigenvalue weighted by molar-refractivity contribution is -0.127. The average Bonchev–Trinajstić information content (AvgIpc) is 3.41. The molecule has 0 unspecified atom stereocenters. The van der Waals surface area contributed by atoms with Crippen LogP contribution in [0.5, 0.6) is 0 Å². The van der Waals surface area contributed by atoms with Crippen LogP contribution in [0.3, 0.4) is 0 Å². The Morgan fingerprint density at radius 2 is 1.74 bits per heavy atom. The second-order valence-corrected chi connectivity index (χ2v) is 11.2. The monoisotopic (exact) mass is 495 g/mol. The Hall–Kier alpha value is -3.17. The Balaban J connectivity index is 1.40. The van der Waals surface area contributed by atoms with E-state index in [2.05, 4.69) is 29.6 Å². The average molecular weight is 496 g/mol. The fourth-order valence-electron chi connectivity index (χ4n) is 4.52. The molecule has 0 spiro atoms. The van der Waals surface area contributed by atoms with E-state index in [1.165, 1.54) is 4.31 Å². The third-order valence-electron chi connectivity index (χ3n) is 6.38. The third-order valence-corrected chi connectivity index (χ3v) is 8.23. The van der Waals surface area contributed by atoms with Crippen LogP contribution in [-0.4, -0.2) is 64.1 Å². The number of hydrogen-bond donors (Lipinski definition) is 0. The first-order chi connectivity index (χ1) is 16.7. The fraction of sp³-hybridized carbons (Fsp3) is 0.385. The number of benzene rings is 1. The maximum absolute atomic E-state index is 12.8. The number of aryl methyl sites for hydroxylation is 1. The van der Waals surface area contributed by atoms with E-state index in [4.69, 9.17) is 0 Å². The van der Waals surface area contributed by atoms with Gasteiger partial charge < -0.3 is 9.47 Å². The maximum atomic E-state index is 12.8. The minimum Gasteiger partial charge on any atom is -0.337 e. The van der Waals surface area contributed by atoms with Gasteiger partial charge in [0.25, 0.3) is 0 Å². The summed E-state index contributed by atoms with van der Waals surface area (Å²) in [6, 6.07) is 13.5. The van der Waals surface area contributed by atoms with Crippen LogP contribution >= 0.6 is 0 Å². The summed E-state index contributed by atoms with van der Waals surface area (Å²) in [4.78, 5) is 14.6. The van der Waals surface area contributed by atoms with Crippen molar-refractivity contribution in [1.29, 1.82) is 0 Å². The first kappa shape index (κ1) is 24.9. The van der Waals surface area contributed by atoms with Gasteiger partial charge in [-0.15, -0.1) is 0 Å². The predicted octanol–water partition coefficient (Wildman–Crippen LogP) is 3.56. The van der Waals surface area contributed by atoms with Gasteiger partial charge in [0.05, 0.1) is 11.9 Å². The Morgan fingerprint density at radius 3 is 2.40 bits per heavy atom. The number of carbonyl (C=O) groups excluding carboxylic acids is 1. The van der Waals surface area contributed by atoms with E-state index in [1.807, 2.05) is 61.0 Å². The van der Waals surface area contributed by atoms with Crippen molar-refractivity contribution in [3.8, 4) is 5.82 Å². The SMILES string of the molecule is Cc1cc(C=CC(=O)N2CCN(S(=O)(=O)Cc3ccccc3)CC2)c(C)n1-c1ccnn1C(C)C. The molecule has 0 aliphatic carbocycles. The van der Waals surface area contributed by atoms with Gasteiger partial charge in [-0.3, -0.25) is 4.79 Å². The normalized spacial score (nSPS) is 15.4. The summed E-state index contributed by atoms with van der Waals surface area (Å²) in [5.41, 5.74) is 3.83. The molecule has 0 N–H and O–H groups in total. The first-order valence-electron chi connectivity index (χ1n) is 11.9. The third kappa shape index (κ3) is 5.41. The van der Waals surface area contributed by atoms with E-state index < -0.39 is 10.0 Å². The van der Waals surface area contributed by atoms with Crippen molar-refractivity contribution in [2.24, 2.45) is 0 Å². The molecule has 4 rings (SSSR count). The van der Waals surface area contributed by atoms with E-state index in [0.29, 0.717) is 26.2 Å². The number of aromatic nitrogens is 3. The molecular formula is C26H33N5O3S. The molecule has 186 valence electrons. The number of carbonyl (C=O) groups is 1. The van der Waals surface area contributed by atoms with Crippen LogP contribution < -0.4 is 0 Å². The van der Waals surface area contributed by atoms with Crippen molar-refractivity contribution in [3.05, 3.63) is 77.3 Å². The molecule has 35 heavy (non-hydrogen) atoms. The first-order valence-corrected chi connectivity index (χ1v) is 13.5. The van der Waals surface area contributed by atoms with Crippen LogP contribution in [0.25, 0.3) is 11.9 Å². The van der Waals surface area contributed by atoms with E-state index in [9.17, 15) is 13.2 Å². The molecule has 0 saturated carbocycles. The molecule has 1 saturated heterocycles. The summed E-state index contributed by atoms with van der Waals surface area (Å²) in [6.45, 7) is 9.64. The molecule has 3 heterocycles. The van der Waals surface area contributed by atoms with Crippen LogP contribution in [0.15, 0.2) is 54.7 Å². The van der Waals surface area contributed by atoms with E-state index >= 15 is 0 Å². The van der Waals surface area contributed by atoms with Gasteiger partial charge >= 0.3 is 0 Å². The number of nitrogens with zero attached hydrogens (tertiary/aromatic N) is 5. The highest BCUT2D eigenvalue weighted by molar-refractivity contribution is 7.88. The number of sulfonamides is 1. The number of piperazine rings is 1. The van der Waals surface area contributed by atoms with E-state index in [1.54, 1.807) is 17.2 Å². The highest BCUT2D eigenvalue weighted by atomic mass is 32.2. The molecule has 1 amide bonds. The van der Waals surface area contributed by atoms with Crippen molar-refractivity contribution in [1.82, 2.24) is 23.6 Å². The topological polar surface area (TPSA) is 80.4 Å². The van der Waals surface area contributed by atoms with Crippen LogP contribution in [-0.2, 0) is 20.6 Å². The highest BCUT2D eigenvalue weighted by Crippen LogP contribution is 2.23. The molecule has 0 atom stereocenters. The molecular weight excluding hydrogens is 462 g/mol. The Morgan fingerprint density at radius 1 is 1.06 bits per heavy atom. The summed E-state index contributed by atoms with van der Waals surface area (Å²) < 4.78 is 31.2. The molecule has 1 fully saturated rings. The maximum Gasteiger partial charge on any atom is 0.246 e. The van der Waals surface area contributed by atoms with Crippen LogP contribution in [0, 0.1) is 13.8 Å². The zero-order valence-electron chi connectivity index (χ0n) is 20.8. The van der Waals surface area contributed by atoms with Crippen LogP contribution in [0.1, 0.15) is 42.4 Å². The number of rotatable bonds is 7. The van der Waals surface area contributed by atoms with Gasteiger partial charge in [-0.25, -0.2) is 13.1 Å². The van der Waals surface area contributed by atoms with E-state index in [-0.39, 0.29) is 17.7 Å². The molecule has 2 aromatic heterocycles. The van der Waals surface area contributed by atoms with E-state index in [0.717, 1.165) is 28.3 Å². The van der Waals surface area contributed by atoms with Gasteiger partial charge in [0.1, 0.15) is 5.82 Å². The van der Waals surface area contributed by atoms with Crippen molar-refractivity contribution in [2.75, 3.05) is 26.2 Å². The smallest absolute Gasteiger partial charge is 0.246 e. The predicted molar refractivity (Wildman–Crippen MR) is 138 cm³/mol. The van der Waals surface area contributed by atoms with Gasteiger partial charge in [0.2, 0.25) is 15.9 Å². The van der Waals surface area contributed by atoms with Crippen LogP contribution in [0.4, 0.5) is 0 Å². The second kappa shape index (κ2) is 10.2. The molecule has 1 aliphatic heterocycles. The quantitative estimate of drug-likeness (QED) is 0.470. The van der Waals surface area contributed by atoms with Crippen LogP contribution in [0.2, 0.25) is 0 Å². The number of hydrogen-bond acceptors (Lipinski definition) is 4. The minimum absolute atomic E-state index is 0.0208. The standard InChI is InChI=1S/C26H33N5O3S/c1-20(2)31-25(12-13-27-31)30-21(3)18-24(22(30)4)10-11-26(32)28-14-16-29(17-15-28)35(33,34)19-23-8-6-5-7-9-23/h5-13,18,20H,14-17,19H2,1-4H3. The van der Waals surface area contributed by atoms with Gasteiger partial charge in [-0.2, -0.15) is 9.40 Å². The Labute approximate surface area is 207 Å². The van der Waals surface area contributed by atoms with Crippen molar-refractivity contribution < 1.29 is 13.2 Å². The summed E-state index contributed by atoms with van der Waals surface area (Å²) in [7, 11) is -3.41. The lowest BCUT2D eigenvalue weighted by Crippen LogP contribution is -2.50. The molecule has 9 heteroatoms. The van der Waals surface area contributed by atoms with Gasteiger partial charge in [0.15, 0.2) is 0 Å². The lowest BCUT2D eigenvalue weighted by atomic mass is 10.2. The Bertz CT molecular complexity index is 1310. The van der Waals surface area contributed by atoms with Gasteiger partial charge in [-0.1, -0.05) is 30.3 Å². The Kier molecular flexibility index (Phi) is 7.28. The fourth-order valence-corrected chi connectivity index (χ4v) is 6.04. The largest absolute Gasteiger partial charge is 0.337 e. The summed E-state index contributed by atoms with van der Waals surface area (Å²) in [5, 5.41) is 4.44. The molecule has 0 radical (unpaired) electrons. The molecule has 1 aromatic carbocycles. The summed E-state index contributed by atoms with van der Waals surface area (Å²) >= 11 is 0. The second-order valence-electron chi connectivity index (χ2n) is 9.19. The molecule has 8 nitrogen and oxygen atoms in total. The zero-order valence-corrected chi connectivity index (χ0v) is 21.6. The highest BCUT2D eigenvalue weighted by Gasteiger charge is 2.28. The lowest BCUT2D eigenvalue weighted by Gasteiger charge is -2.33. The summed E-state index contributed by atoms with van der Waals surface area (Å²) in [5.74, 6) is 0.864. The van der Waals surface area contributed by atoms with Crippen molar-refractivity contribution >= 4 is 22.0 Å². The van der Waals surface area contributed by atoms with Crippen molar-refractivity contribution in [2.45, 2.75) is 39.5 Å². The zero-order chi connectivity index (χ0) is 25.2. The molecule has 3 aromatic rings. The number of amides is 1. The molecule has 0 bridgehead atoms. The van der Waals surface area contributed by atoms with Gasteiger partial charge in [0, 0.05) is 55.8 Å².